The molecule has 1 heterocycles. The summed E-state index contributed by atoms with van der Waals surface area (Å²) in [5.74, 6) is 0.323. The average molecular weight is 463 g/mol. The van der Waals surface area contributed by atoms with E-state index in [0.29, 0.717) is 22.7 Å². The topological polar surface area (TPSA) is 81.0 Å². The Morgan fingerprint density at radius 3 is 2.44 bits per heavy atom. The Labute approximate surface area is 199 Å². The number of carbonyl (C=O) groups is 2. The Morgan fingerprint density at radius 2 is 1.79 bits per heavy atom. The highest BCUT2D eigenvalue weighted by Gasteiger charge is 2.38. The third kappa shape index (κ3) is 4.78. The number of methoxy groups -OCH3 is 2. The second-order valence-electron chi connectivity index (χ2n) is 8.47. The van der Waals surface area contributed by atoms with Gasteiger partial charge in [0.15, 0.2) is 17.3 Å². The van der Waals surface area contributed by atoms with Crippen molar-refractivity contribution >= 4 is 17.5 Å². The molecule has 4 rings (SSSR count). The molecule has 2 amide bonds. The summed E-state index contributed by atoms with van der Waals surface area (Å²) in [7, 11) is 3.07. The molecule has 0 unspecified atom stereocenters. The maximum atomic E-state index is 13.9. The predicted molar refractivity (Wildman–Crippen MR) is 129 cm³/mol. The SMILES string of the molecule is COc1cccc([C@@H](C(=O)NC2CCCC2)N(C(=O)c2ccco2)c2cccc(C)c2)c1OC. The standard InChI is InChI=1S/C27H30N2O5/c1-18-9-6-12-20(17-18)29(27(31)23-15-8-16-34-23)24(26(30)28-19-10-4-5-11-19)21-13-7-14-22(32-2)25(21)33-3/h6-9,12-17,19,24H,4-5,10-11H2,1-3H3,(H,28,30)/t24-/m0/s1. The van der Waals surface area contributed by atoms with Crippen LogP contribution in [0, 0.1) is 6.92 Å². The predicted octanol–water partition coefficient (Wildman–Crippen LogP) is 5.05. The van der Waals surface area contributed by atoms with Crippen LogP contribution in [0.4, 0.5) is 5.69 Å². The Bertz CT molecular complexity index is 1140. The summed E-state index contributed by atoms with van der Waals surface area (Å²) in [5.41, 5.74) is 2.07. The van der Waals surface area contributed by atoms with Crippen LogP contribution in [0.15, 0.2) is 65.3 Å². The number of aryl methyl sites for hydroxylation is 1. The lowest BCUT2D eigenvalue weighted by Crippen LogP contribution is -2.46. The Kier molecular flexibility index (Phi) is 7.21. The van der Waals surface area contributed by atoms with Gasteiger partial charge in [-0.2, -0.15) is 0 Å². The first-order valence-corrected chi connectivity index (χ1v) is 11.5. The molecule has 0 aliphatic heterocycles. The van der Waals surface area contributed by atoms with E-state index >= 15 is 0 Å². The number of anilines is 1. The molecule has 1 atom stereocenters. The van der Waals surface area contributed by atoms with Crippen molar-refractivity contribution in [1.82, 2.24) is 5.32 Å². The molecule has 1 fully saturated rings. The van der Waals surface area contributed by atoms with Crippen molar-refractivity contribution in [1.29, 1.82) is 0 Å². The van der Waals surface area contributed by atoms with E-state index in [-0.39, 0.29) is 17.7 Å². The number of amides is 2. The monoisotopic (exact) mass is 462 g/mol. The fourth-order valence-electron chi connectivity index (χ4n) is 4.56. The van der Waals surface area contributed by atoms with Gasteiger partial charge < -0.3 is 19.2 Å². The summed E-state index contributed by atoms with van der Waals surface area (Å²) in [6.07, 6.45) is 5.44. The summed E-state index contributed by atoms with van der Waals surface area (Å²) >= 11 is 0. The van der Waals surface area contributed by atoms with Gasteiger partial charge in [0.05, 0.1) is 20.5 Å². The van der Waals surface area contributed by atoms with E-state index in [4.69, 9.17) is 13.9 Å². The molecule has 7 nitrogen and oxygen atoms in total. The molecule has 1 aliphatic rings. The molecule has 0 spiro atoms. The maximum absolute atomic E-state index is 13.9. The summed E-state index contributed by atoms with van der Waals surface area (Å²) in [5, 5.41) is 3.17. The van der Waals surface area contributed by atoms with E-state index in [0.717, 1.165) is 31.2 Å². The minimum absolute atomic E-state index is 0.0738. The largest absolute Gasteiger partial charge is 0.493 e. The average Bonchev–Trinajstić information content (AvgIpc) is 3.56. The van der Waals surface area contributed by atoms with E-state index in [1.807, 2.05) is 31.2 Å². The summed E-state index contributed by atoms with van der Waals surface area (Å²) in [6.45, 7) is 1.94. The molecule has 0 saturated heterocycles. The minimum atomic E-state index is -1.01. The number of para-hydroxylation sites is 1. The molecule has 1 aromatic heterocycles. The van der Waals surface area contributed by atoms with E-state index in [9.17, 15) is 9.59 Å². The molecule has 34 heavy (non-hydrogen) atoms. The zero-order valence-electron chi connectivity index (χ0n) is 19.7. The van der Waals surface area contributed by atoms with E-state index in [2.05, 4.69) is 5.32 Å². The van der Waals surface area contributed by atoms with Crippen LogP contribution in [0.2, 0.25) is 0 Å². The van der Waals surface area contributed by atoms with Crippen molar-refractivity contribution < 1.29 is 23.5 Å². The van der Waals surface area contributed by atoms with Crippen molar-refractivity contribution in [3.05, 3.63) is 77.7 Å². The number of rotatable bonds is 8. The molecule has 1 aliphatic carbocycles. The van der Waals surface area contributed by atoms with Crippen molar-refractivity contribution in [2.75, 3.05) is 19.1 Å². The van der Waals surface area contributed by atoms with Crippen LogP contribution in [0.25, 0.3) is 0 Å². The molecule has 178 valence electrons. The molecule has 3 aromatic rings. The highest BCUT2D eigenvalue weighted by molar-refractivity contribution is 6.09. The minimum Gasteiger partial charge on any atom is -0.493 e. The fourth-order valence-corrected chi connectivity index (χ4v) is 4.56. The number of furan rings is 1. The van der Waals surface area contributed by atoms with Gasteiger partial charge in [-0.3, -0.25) is 14.5 Å². The van der Waals surface area contributed by atoms with Gasteiger partial charge in [-0.25, -0.2) is 0 Å². The van der Waals surface area contributed by atoms with Crippen LogP contribution in [-0.4, -0.2) is 32.1 Å². The second kappa shape index (κ2) is 10.5. The zero-order valence-corrected chi connectivity index (χ0v) is 19.7. The van der Waals surface area contributed by atoms with E-state index in [1.165, 1.54) is 18.3 Å². The first kappa shape index (κ1) is 23.4. The lowest BCUT2D eigenvalue weighted by Gasteiger charge is -2.33. The van der Waals surface area contributed by atoms with Gasteiger partial charge in [0.1, 0.15) is 6.04 Å². The number of benzene rings is 2. The first-order valence-electron chi connectivity index (χ1n) is 11.5. The van der Waals surface area contributed by atoms with E-state index in [1.54, 1.807) is 37.4 Å². The number of carbonyl (C=O) groups excluding carboxylic acids is 2. The van der Waals surface area contributed by atoms with E-state index < -0.39 is 11.9 Å². The number of hydrogen-bond acceptors (Lipinski definition) is 5. The van der Waals surface area contributed by atoms with Crippen LogP contribution in [0.3, 0.4) is 0 Å². The second-order valence-corrected chi connectivity index (χ2v) is 8.47. The highest BCUT2D eigenvalue weighted by Crippen LogP contribution is 2.40. The van der Waals surface area contributed by atoms with Gasteiger partial charge in [-0.05, 0) is 55.7 Å². The first-order chi connectivity index (χ1) is 16.5. The summed E-state index contributed by atoms with van der Waals surface area (Å²) in [4.78, 5) is 29.2. The van der Waals surface area contributed by atoms with Crippen molar-refractivity contribution in [3.63, 3.8) is 0 Å². The third-order valence-corrected chi connectivity index (χ3v) is 6.17. The molecule has 0 bridgehead atoms. The van der Waals surface area contributed by atoms with Crippen LogP contribution >= 0.6 is 0 Å². The van der Waals surface area contributed by atoms with Crippen molar-refractivity contribution in [2.45, 2.75) is 44.7 Å². The van der Waals surface area contributed by atoms with Gasteiger partial charge >= 0.3 is 0 Å². The smallest absolute Gasteiger partial charge is 0.294 e. The van der Waals surface area contributed by atoms with Crippen LogP contribution in [-0.2, 0) is 4.79 Å². The van der Waals surface area contributed by atoms with Gasteiger partial charge in [-0.15, -0.1) is 0 Å². The number of nitrogens with zero attached hydrogens (tertiary/aromatic N) is 1. The van der Waals surface area contributed by atoms with Gasteiger partial charge in [0, 0.05) is 17.3 Å². The van der Waals surface area contributed by atoms with Crippen molar-refractivity contribution in [3.8, 4) is 11.5 Å². The van der Waals surface area contributed by atoms with Gasteiger partial charge in [0.25, 0.3) is 5.91 Å². The normalized spacial score (nSPS) is 14.4. The number of ether oxygens (including phenoxy) is 2. The molecule has 0 radical (unpaired) electrons. The molecule has 2 aromatic carbocycles. The zero-order chi connectivity index (χ0) is 24.1. The highest BCUT2D eigenvalue weighted by atomic mass is 16.5. The fraction of sp³-hybridized carbons (Fsp3) is 0.333. The molecular weight excluding hydrogens is 432 g/mol. The third-order valence-electron chi connectivity index (χ3n) is 6.17. The Balaban J connectivity index is 1.89. The van der Waals surface area contributed by atoms with Gasteiger partial charge in [-0.1, -0.05) is 37.1 Å². The molecular formula is C27H30N2O5. The lowest BCUT2D eigenvalue weighted by molar-refractivity contribution is -0.123. The number of hydrogen-bond donors (Lipinski definition) is 1. The lowest BCUT2D eigenvalue weighted by atomic mass is 10.00. The molecule has 7 heteroatoms. The molecule has 1 N–H and O–H groups in total. The summed E-state index contributed by atoms with van der Waals surface area (Å²) in [6, 6.07) is 15.2. The Morgan fingerprint density at radius 1 is 1.03 bits per heavy atom. The van der Waals surface area contributed by atoms with Crippen LogP contribution in [0.1, 0.15) is 53.4 Å². The number of nitrogens with one attached hydrogen (secondary N) is 1. The Hall–Kier alpha value is -3.74. The summed E-state index contributed by atoms with van der Waals surface area (Å²) < 4.78 is 16.6. The molecule has 1 saturated carbocycles. The van der Waals surface area contributed by atoms with Crippen molar-refractivity contribution in [2.24, 2.45) is 0 Å². The van der Waals surface area contributed by atoms with Gasteiger partial charge in [0.2, 0.25) is 5.91 Å². The maximum Gasteiger partial charge on any atom is 0.294 e. The van der Waals surface area contributed by atoms with Crippen LogP contribution < -0.4 is 19.7 Å². The quantitative estimate of drug-likeness (QED) is 0.507. The van der Waals surface area contributed by atoms with Crippen LogP contribution in [0.5, 0.6) is 11.5 Å².